The zero-order valence-corrected chi connectivity index (χ0v) is 67.5. The fourth-order valence-corrected chi connectivity index (χ4v) is 12.7. The first-order valence-corrected chi connectivity index (χ1v) is 38.1. The van der Waals surface area contributed by atoms with Gasteiger partial charge < -0.3 is 59.2 Å². The number of fused-ring (bicyclic) bond motifs is 8. The number of benzene rings is 8. The van der Waals surface area contributed by atoms with Gasteiger partial charge in [-0.1, -0.05) is 253 Å². The maximum atomic E-state index is 14.5. The molecule has 4 atom stereocenters. The number of nitrogens with one attached hydrogen (secondary N) is 4. The molecule has 20 nitrogen and oxygen atoms in total. The molecule has 4 amide bonds. The van der Waals surface area contributed by atoms with Gasteiger partial charge in [0, 0.05) is 25.7 Å². The van der Waals surface area contributed by atoms with Crippen LogP contribution in [-0.4, -0.2) is 98.1 Å². The highest BCUT2D eigenvalue weighted by molar-refractivity contribution is 5.87. The van der Waals surface area contributed by atoms with Crippen LogP contribution in [0.1, 0.15) is 200 Å². The number of hydrogen-bond donors (Lipinski definition) is 4. The van der Waals surface area contributed by atoms with Crippen LogP contribution in [0.2, 0.25) is 0 Å². The predicted octanol–water partition coefficient (Wildman–Crippen LogP) is 14.1. The van der Waals surface area contributed by atoms with Gasteiger partial charge in [0.25, 0.3) is 23.6 Å². The number of esters is 4. The molecular formula is C92H108N4O16. The Balaban J connectivity index is 1.24. The highest BCUT2D eigenvalue weighted by Crippen LogP contribution is 2.45. The first-order valence-electron chi connectivity index (χ1n) is 38.1. The minimum atomic E-state index is -1.08. The summed E-state index contributed by atoms with van der Waals surface area (Å²) < 4.78 is 50.4. The molecule has 0 saturated carbocycles. The summed E-state index contributed by atoms with van der Waals surface area (Å²) in [6.45, 7) is 28.9. The maximum Gasteiger partial charge on any atom is 0.328 e. The van der Waals surface area contributed by atoms with E-state index in [1.54, 1.807) is 0 Å². The van der Waals surface area contributed by atoms with Gasteiger partial charge in [0.05, 0.1) is 0 Å². The summed E-state index contributed by atoms with van der Waals surface area (Å²) >= 11 is 0. The third-order valence-corrected chi connectivity index (χ3v) is 19.2. The molecule has 592 valence electrons. The van der Waals surface area contributed by atoms with E-state index in [0.29, 0.717) is 67.5 Å². The number of carbonyl (C=O) groups excluding carboxylic acids is 8. The second-order valence-electron chi connectivity index (χ2n) is 32.9. The molecule has 112 heavy (non-hydrogen) atoms. The van der Waals surface area contributed by atoms with E-state index in [-0.39, 0.29) is 52.1 Å². The molecule has 0 fully saturated rings. The standard InChI is InChI=1S/C92H108N4O16/c1-57(85(101)109-49-61-29-21-17-22-30-61)93-77(97)53-105-81-65-37-67-43-74(90(8,9)10)45-69(82(67)106-54-78(98)94-58(2)86(102)110-50-62-31-23-18-24-32-62)39-71-47-76(92(14,15)16)48-72(84(71)108-56-80(100)96-60(4)88(104)112-52-64-35-27-20-28-36-64)40-70-46-75(91(11,12)13)44-68(38-66(81)42-73(41-65)89(5,6)7)83(70)107-55-79(99)95-59(3)87(103)111-51-63-33-25-19-26-34-63/h17-36,41-48,57-60H,37-40,49-56H2,1-16H3,(H,93,97)(H,94,98)(H,95,99)(H,96,100). The van der Waals surface area contributed by atoms with Gasteiger partial charge in [-0.25, -0.2) is 19.2 Å². The fourth-order valence-electron chi connectivity index (χ4n) is 12.7. The van der Waals surface area contributed by atoms with E-state index in [9.17, 15) is 38.4 Å². The minimum Gasteiger partial charge on any atom is -0.483 e. The molecule has 0 aliphatic heterocycles. The molecule has 0 heterocycles. The van der Waals surface area contributed by atoms with Crippen LogP contribution >= 0.6 is 0 Å². The third kappa shape index (κ3) is 24.4. The number of hydrogen-bond acceptors (Lipinski definition) is 16. The molecule has 4 N–H and O–H groups in total. The Morgan fingerprint density at radius 3 is 0.589 bits per heavy atom. The van der Waals surface area contributed by atoms with Crippen molar-refractivity contribution < 1.29 is 76.3 Å². The Labute approximate surface area is 658 Å². The highest BCUT2D eigenvalue weighted by Gasteiger charge is 2.33. The summed E-state index contributed by atoms with van der Waals surface area (Å²) in [4.78, 5) is 112. The highest BCUT2D eigenvalue weighted by atomic mass is 16.6. The molecule has 8 aromatic rings. The van der Waals surface area contributed by atoms with Crippen molar-refractivity contribution in [3.05, 3.63) is 259 Å². The van der Waals surface area contributed by atoms with Crippen molar-refractivity contribution in [2.24, 2.45) is 0 Å². The molecule has 1 aliphatic carbocycles. The van der Waals surface area contributed by atoms with Gasteiger partial charge >= 0.3 is 23.9 Å². The average Bonchev–Trinajstić information content (AvgIpc) is 0.760. The van der Waals surface area contributed by atoms with Crippen molar-refractivity contribution in [2.75, 3.05) is 26.4 Å². The topological polar surface area (TPSA) is 259 Å². The molecular weight excluding hydrogens is 1420 g/mol. The number of rotatable bonds is 28. The Morgan fingerprint density at radius 1 is 0.277 bits per heavy atom. The normalized spacial score (nSPS) is 13.3. The molecule has 1 aliphatic rings. The second-order valence-corrected chi connectivity index (χ2v) is 32.9. The van der Waals surface area contributed by atoms with Gasteiger partial charge in [-0.05, 0) is 138 Å². The molecule has 20 heteroatoms. The Kier molecular flexibility index (Phi) is 28.5. The monoisotopic (exact) mass is 1520 g/mol. The lowest BCUT2D eigenvalue weighted by Gasteiger charge is -2.29. The average molecular weight is 1530 g/mol. The van der Waals surface area contributed by atoms with E-state index in [4.69, 9.17) is 37.9 Å². The zero-order valence-electron chi connectivity index (χ0n) is 67.5. The molecule has 9 rings (SSSR count). The van der Waals surface area contributed by atoms with Crippen LogP contribution in [0.4, 0.5) is 0 Å². The van der Waals surface area contributed by atoms with E-state index < -0.39 is 120 Å². The second kappa shape index (κ2) is 37.6. The quantitative estimate of drug-likeness (QED) is 0.0262. The lowest BCUT2D eigenvalue weighted by molar-refractivity contribution is -0.149. The summed E-state index contributed by atoms with van der Waals surface area (Å²) in [7, 11) is 0. The molecule has 0 spiro atoms. The van der Waals surface area contributed by atoms with Gasteiger partial charge in [-0.3, -0.25) is 19.2 Å². The summed E-state index contributed by atoms with van der Waals surface area (Å²) in [6, 6.07) is 48.8. The molecule has 0 aromatic heterocycles. The smallest absolute Gasteiger partial charge is 0.328 e. The summed E-state index contributed by atoms with van der Waals surface area (Å²) in [5.74, 6) is -3.88. The SMILES string of the molecule is CC(NC(=O)COc1c2cc(C(C)(C)C)cc1Cc1cc(C(C)(C)C)cc(c1OCC(=O)NC(C)C(=O)OCc1ccccc1)Cc1cc(C(C)(C)C)cc(c1OCC(=O)NC(C)C(=O)OCc1ccccc1)Cc1cc(C(C)(C)C)cc(c1OCC(=O)NC(C)C(=O)OCc1ccccc1)C2)C(=O)OCc1ccccc1. The van der Waals surface area contributed by atoms with E-state index >= 15 is 0 Å². The van der Waals surface area contributed by atoms with Crippen molar-refractivity contribution >= 4 is 47.5 Å². The number of carbonyl (C=O) groups is 8. The first-order chi connectivity index (χ1) is 52.9. The van der Waals surface area contributed by atoms with Gasteiger partial charge in [-0.2, -0.15) is 0 Å². The first kappa shape index (κ1) is 84.7. The zero-order chi connectivity index (χ0) is 81.2. The fraction of sp³-hybridized carbons (Fsp3) is 0.391. The molecule has 0 radical (unpaired) electrons. The summed E-state index contributed by atoms with van der Waals surface area (Å²) in [5.41, 5.74) is 9.27. The van der Waals surface area contributed by atoms with Crippen molar-refractivity contribution in [3.8, 4) is 23.0 Å². The lowest BCUT2D eigenvalue weighted by atomic mass is 9.79. The molecule has 8 bridgehead atoms. The largest absolute Gasteiger partial charge is 0.483 e. The van der Waals surface area contributed by atoms with Crippen LogP contribution in [0.15, 0.2) is 170 Å². The van der Waals surface area contributed by atoms with Gasteiger partial charge in [0.1, 0.15) is 73.6 Å². The third-order valence-electron chi connectivity index (χ3n) is 19.2. The molecule has 4 unspecified atom stereocenters. The Hall–Kier alpha value is -11.3. The molecule has 8 aromatic carbocycles. The van der Waals surface area contributed by atoms with E-state index in [1.165, 1.54) is 27.7 Å². The summed E-state index contributed by atoms with van der Waals surface area (Å²) in [6.07, 6.45) is 0.213. The van der Waals surface area contributed by atoms with Crippen molar-refractivity contribution in [1.29, 1.82) is 0 Å². The van der Waals surface area contributed by atoms with Crippen molar-refractivity contribution in [3.63, 3.8) is 0 Å². The van der Waals surface area contributed by atoms with Crippen molar-refractivity contribution in [2.45, 2.75) is 209 Å². The van der Waals surface area contributed by atoms with Crippen LogP contribution in [0.5, 0.6) is 23.0 Å². The van der Waals surface area contributed by atoms with Crippen molar-refractivity contribution in [1.82, 2.24) is 21.3 Å². The van der Waals surface area contributed by atoms with E-state index in [0.717, 1.165) is 44.5 Å². The van der Waals surface area contributed by atoms with Crippen LogP contribution in [0.25, 0.3) is 0 Å². The maximum absolute atomic E-state index is 14.5. The van der Waals surface area contributed by atoms with Crippen LogP contribution in [-0.2, 0) is 131 Å². The van der Waals surface area contributed by atoms with Gasteiger partial charge in [-0.15, -0.1) is 0 Å². The minimum absolute atomic E-state index is 0.00785. The van der Waals surface area contributed by atoms with Crippen LogP contribution < -0.4 is 40.2 Å². The predicted molar refractivity (Wildman–Crippen MR) is 429 cm³/mol. The lowest BCUT2D eigenvalue weighted by Crippen LogP contribution is -2.42. The molecule has 0 saturated heterocycles. The van der Waals surface area contributed by atoms with Crippen LogP contribution in [0.3, 0.4) is 0 Å². The van der Waals surface area contributed by atoms with E-state index in [2.05, 4.69) is 104 Å². The number of amides is 4. The van der Waals surface area contributed by atoms with E-state index in [1.807, 2.05) is 170 Å². The van der Waals surface area contributed by atoms with Crippen LogP contribution in [0, 0.1) is 0 Å². The number of ether oxygens (including phenoxy) is 8. The summed E-state index contributed by atoms with van der Waals surface area (Å²) in [5, 5.41) is 11.2. The Morgan fingerprint density at radius 2 is 0.438 bits per heavy atom. The van der Waals surface area contributed by atoms with Gasteiger partial charge in [0.15, 0.2) is 26.4 Å². The Bertz CT molecular complexity index is 3970. The van der Waals surface area contributed by atoms with Gasteiger partial charge in [0.2, 0.25) is 0 Å².